The van der Waals surface area contributed by atoms with Gasteiger partial charge in [-0.15, -0.1) is 0 Å². The van der Waals surface area contributed by atoms with Gasteiger partial charge >= 0.3 is 7.60 Å². The zero-order chi connectivity index (χ0) is 14.4. The molecule has 18 heavy (non-hydrogen) atoms. The van der Waals surface area contributed by atoms with Gasteiger partial charge in [-0.1, -0.05) is 34.3 Å². The van der Waals surface area contributed by atoms with Crippen LogP contribution in [0.4, 0.5) is 0 Å². The molecule has 0 heterocycles. The van der Waals surface area contributed by atoms with E-state index in [9.17, 15) is 4.57 Å². The SMILES string of the molecule is C=CP(=O)(OCC(C)(C)CO)OCC(C)(C)CO. The van der Waals surface area contributed by atoms with E-state index in [1.807, 2.05) is 0 Å². The molecule has 108 valence electrons. The van der Waals surface area contributed by atoms with E-state index in [0.717, 1.165) is 5.82 Å². The van der Waals surface area contributed by atoms with Crippen LogP contribution >= 0.6 is 7.60 Å². The smallest absolute Gasteiger partial charge is 0.353 e. The Bertz CT molecular complexity index is 288. The molecule has 0 fully saturated rings. The monoisotopic (exact) mass is 280 g/mol. The van der Waals surface area contributed by atoms with Gasteiger partial charge in [0.25, 0.3) is 0 Å². The molecular weight excluding hydrogens is 255 g/mol. The van der Waals surface area contributed by atoms with Gasteiger partial charge in [0.2, 0.25) is 0 Å². The third kappa shape index (κ3) is 6.66. The van der Waals surface area contributed by atoms with Gasteiger partial charge in [0.15, 0.2) is 0 Å². The van der Waals surface area contributed by atoms with Crippen LogP contribution in [0, 0.1) is 10.8 Å². The predicted molar refractivity (Wildman–Crippen MR) is 71.4 cm³/mol. The molecule has 2 N–H and O–H groups in total. The van der Waals surface area contributed by atoms with Crippen LogP contribution in [-0.4, -0.2) is 36.6 Å². The van der Waals surface area contributed by atoms with Gasteiger partial charge in [0.05, 0.1) is 26.4 Å². The van der Waals surface area contributed by atoms with Crippen molar-refractivity contribution in [3.63, 3.8) is 0 Å². The molecular formula is C12H25O5P. The van der Waals surface area contributed by atoms with Crippen molar-refractivity contribution in [1.29, 1.82) is 0 Å². The van der Waals surface area contributed by atoms with Crippen molar-refractivity contribution >= 4 is 7.60 Å². The first kappa shape index (κ1) is 17.8. The maximum Gasteiger partial charge on any atom is 0.353 e. The molecule has 0 radical (unpaired) electrons. The highest BCUT2D eigenvalue weighted by Gasteiger charge is 2.28. The van der Waals surface area contributed by atoms with E-state index in [-0.39, 0.29) is 26.4 Å². The Kier molecular flexibility index (Phi) is 6.75. The summed E-state index contributed by atoms with van der Waals surface area (Å²) in [6, 6.07) is 0. The van der Waals surface area contributed by atoms with Gasteiger partial charge in [0, 0.05) is 16.6 Å². The molecule has 0 unspecified atom stereocenters. The molecule has 6 heteroatoms. The molecule has 0 spiro atoms. The van der Waals surface area contributed by atoms with Gasteiger partial charge in [0.1, 0.15) is 0 Å². The van der Waals surface area contributed by atoms with Gasteiger partial charge in [-0.05, 0) is 0 Å². The van der Waals surface area contributed by atoms with Crippen molar-refractivity contribution in [1.82, 2.24) is 0 Å². The second-order valence-electron chi connectivity index (χ2n) is 5.91. The highest BCUT2D eigenvalue weighted by Crippen LogP contribution is 2.51. The second-order valence-corrected chi connectivity index (χ2v) is 7.88. The van der Waals surface area contributed by atoms with Crippen LogP contribution in [0.5, 0.6) is 0 Å². The maximum atomic E-state index is 12.2. The molecule has 0 aromatic carbocycles. The van der Waals surface area contributed by atoms with E-state index in [0.29, 0.717) is 0 Å². The lowest BCUT2D eigenvalue weighted by Crippen LogP contribution is -2.25. The Hall–Kier alpha value is -0.190. The number of hydrogen-bond acceptors (Lipinski definition) is 5. The summed E-state index contributed by atoms with van der Waals surface area (Å²) in [5.41, 5.74) is -0.983. The summed E-state index contributed by atoms with van der Waals surface area (Å²) in [6.45, 7) is 10.7. The summed E-state index contributed by atoms with van der Waals surface area (Å²) in [4.78, 5) is 0. The van der Waals surface area contributed by atoms with Crippen LogP contribution in [0.1, 0.15) is 27.7 Å². The van der Waals surface area contributed by atoms with Crippen LogP contribution in [0.15, 0.2) is 12.4 Å². The van der Waals surface area contributed by atoms with Crippen molar-refractivity contribution in [2.45, 2.75) is 27.7 Å². The molecule has 0 aliphatic heterocycles. The fraction of sp³-hybridized carbons (Fsp3) is 0.833. The zero-order valence-electron chi connectivity index (χ0n) is 11.7. The molecule has 0 atom stereocenters. The Morgan fingerprint density at radius 2 is 1.39 bits per heavy atom. The molecule has 0 saturated carbocycles. The summed E-state index contributed by atoms with van der Waals surface area (Å²) in [5, 5.41) is 18.2. The van der Waals surface area contributed by atoms with E-state index < -0.39 is 18.4 Å². The first-order chi connectivity index (χ1) is 8.10. The van der Waals surface area contributed by atoms with Gasteiger partial charge in [-0.2, -0.15) is 0 Å². The zero-order valence-corrected chi connectivity index (χ0v) is 12.6. The number of rotatable bonds is 9. The first-order valence-electron chi connectivity index (χ1n) is 5.84. The number of hydrogen-bond donors (Lipinski definition) is 2. The van der Waals surface area contributed by atoms with Crippen LogP contribution in [0.25, 0.3) is 0 Å². The third-order valence-corrected chi connectivity index (χ3v) is 3.78. The van der Waals surface area contributed by atoms with Crippen LogP contribution in [0.2, 0.25) is 0 Å². The van der Waals surface area contributed by atoms with Crippen molar-refractivity contribution in [2.24, 2.45) is 10.8 Å². The average molecular weight is 280 g/mol. The van der Waals surface area contributed by atoms with Crippen LogP contribution < -0.4 is 0 Å². The minimum Gasteiger partial charge on any atom is -0.396 e. The highest BCUT2D eigenvalue weighted by atomic mass is 31.2. The molecule has 0 aliphatic carbocycles. The molecule has 0 amide bonds. The summed E-state index contributed by atoms with van der Waals surface area (Å²) < 4.78 is 22.7. The fourth-order valence-corrected chi connectivity index (χ4v) is 2.11. The van der Waals surface area contributed by atoms with E-state index in [1.165, 1.54) is 0 Å². The Morgan fingerprint density at radius 3 is 1.61 bits per heavy atom. The van der Waals surface area contributed by atoms with Gasteiger partial charge < -0.3 is 19.3 Å². The Labute approximate surface area is 109 Å². The molecule has 5 nitrogen and oxygen atoms in total. The van der Waals surface area contributed by atoms with E-state index in [4.69, 9.17) is 19.3 Å². The molecule has 0 saturated heterocycles. The van der Waals surface area contributed by atoms with Crippen molar-refractivity contribution in [3.8, 4) is 0 Å². The lowest BCUT2D eigenvalue weighted by molar-refractivity contribution is 0.0631. The Morgan fingerprint density at radius 1 is 1.06 bits per heavy atom. The molecule has 0 bridgehead atoms. The standard InChI is InChI=1S/C12H25O5P/c1-6-18(15,16-9-11(2,3)7-13)17-10-12(4,5)8-14/h6,13-14H,1,7-10H2,2-5H3. The Balaban J connectivity index is 4.45. The molecule has 0 aromatic heterocycles. The summed E-state index contributed by atoms with van der Waals surface area (Å²) in [6.07, 6.45) is 0. The fourth-order valence-electron chi connectivity index (χ4n) is 0.763. The van der Waals surface area contributed by atoms with Crippen molar-refractivity contribution in [2.75, 3.05) is 26.4 Å². The highest BCUT2D eigenvalue weighted by molar-refractivity contribution is 7.57. The van der Waals surface area contributed by atoms with Crippen LogP contribution in [0.3, 0.4) is 0 Å². The van der Waals surface area contributed by atoms with E-state index in [1.54, 1.807) is 27.7 Å². The molecule has 0 rings (SSSR count). The minimum atomic E-state index is -3.38. The number of aliphatic hydroxyl groups is 2. The summed E-state index contributed by atoms with van der Waals surface area (Å²) in [5.74, 6) is 1.15. The largest absolute Gasteiger partial charge is 0.396 e. The third-order valence-electron chi connectivity index (χ3n) is 2.35. The maximum absolute atomic E-state index is 12.2. The lowest BCUT2D eigenvalue weighted by atomic mass is 9.97. The second kappa shape index (κ2) is 6.83. The quantitative estimate of drug-likeness (QED) is 0.634. The van der Waals surface area contributed by atoms with Crippen molar-refractivity contribution < 1.29 is 23.8 Å². The predicted octanol–water partition coefficient (Wildman–Crippen LogP) is 2.39. The van der Waals surface area contributed by atoms with Gasteiger partial charge in [-0.3, -0.25) is 4.57 Å². The van der Waals surface area contributed by atoms with Crippen molar-refractivity contribution in [3.05, 3.63) is 12.4 Å². The first-order valence-corrected chi connectivity index (χ1v) is 7.45. The van der Waals surface area contributed by atoms with Crippen LogP contribution in [-0.2, 0) is 13.6 Å². The van der Waals surface area contributed by atoms with E-state index >= 15 is 0 Å². The minimum absolute atomic E-state index is 0.0771. The lowest BCUT2D eigenvalue weighted by Gasteiger charge is -2.27. The molecule has 0 aromatic rings. The number of aliphatic hydroxyl groups excluding tert-OH is 2. The molecule has 0 aliphatic rings. The van der Waals surface area contributed by atoms with E-state index in [2.05, 4.69) is 6.58 Å². The normalized spacial score (nSPS) is 13.7. The summed E-state index contributed by atoms with van der Waals surface area (Å²) >= 11 is 0. The van der Waals surface area contributed by atoms with Gasteiger partial charge in [-0.25, -0.2) is 0 Å². The summed E-state index contributed by atoms with van der Waals surface area (Å²) in [7, 11) is -3.38. The average Bonchev–Trinajstić information content (AvgIpc) is 2.34. The topological polar surface area (TPSA) is 76.0 Å².